The monoisotopic (exact) mass is 496 g/mol. The summed E-state index contributed by atoms with van der Waals surface area (Å²) in [6.07, 6.45) is -4.28. The van der Waals surface area contributed by atoms with Gasteiger partial charge in [0.25, 0.3) is 0 Å². The molecule has 0 aromatic heterocycles. The molecule has 1 heterocycles. The molecule has 0 N–H and O–H groups in total. The Kier molecular flexibility index (Phi) is 8.27. The minimum atomic E-state index is -4.73. The Hall–Kier alpha value is -1.68. The molecule has 1 saturated heterocycles. The molecule has 1 aromatic rings. The summed E-state index contributed by atoms with van der Waals surface area (Å²) in [7, 11) is 0. The third-order valence-electron chi connectivity index (χ3n) is 4.40. The van der Waals surface area contributed by atoms with Crippen LogP contribution in [-0.4, -0.2) is 66.7 Å². The van der Waals surface area contributed by atoms with Crippen LogP contribution in [0.2, 0.25) is 0 Å². The zero-order valence-corrected chi connectivity index (χ0v) is 19.2. The quantitative estimate of drug-likeness (QED) is 0.515. The molecule has 1 aliphatic heterocycles. The molecule has 2 rings (SSSR count). The molecular weight excluding hydrogens is 469 g/mol. The highest BCUT2D eigenvalue weighted by molar-refractivity contribution is 9.10. The average molecular weight is 497 g/mol. The van der Waals surface area contributed by atoms with E-state index in [9.17, 15) is 18.0 Å². The number of alkyl halides is 3. The average Bonchev–Trinajstić information content (AvgIpc) is 2.58. The first-order valence-electron chi connectivity index (χ1n) is 9.74. The van der Waals surface area contributed by atoms with Crippen LogP contribution in [-0.2, 0) is 4.74 Å². The van der Waals surface area contributed by atoms with Gasteiger partial charge < -0.3 is 19.1 Å². The number of ether oxygens (including phenoxy) is 3. The summed E-state index contributed by atoms with van der Waals surface area (Å²) in [5, 5.41) is 0. The van der Waals surface area contributed by atoms with Crippen LogP contribution in [0.5, 0.6) is 11.5 Å². The van der Waals surface area contributed by atoms with Gasteiger partial charge in [0.05, 0.1) is 11.1 Å². The number of hydrogen-bond donors (Lipinski definition) is 0. The minimum Gasteiger partial charge on any atom is -0.492 e. The van der Waals surface area contributed by atoms with Gasteiger partial charge in [0.2, 0.25) is 0 Å². The van der Waals surface area contributed by atoms with Crippen molar-refractivity contribution in [3.8, 4) is 11.5 Å². The van der Waals surface area contributed by atoms with Crippen LogP contribution in [0.15, 0.2) is 22.7 Å². The van der Waals surface area contributed by atoms with E-state index >= 15 is 0 Å². The summed E-state index contributed by atoms with van der Waals surface area (Å²) in [5.74, 6) is 0.144. The summed E-state index contributed by atoms with van der Waals surface area (Å²) in [5.41, 5.74) is -0.514. The molecule has 1 fully saturated rings. The third-order valence-corrected chi connectivity index (χ3v) is 5.02. The molecule has 0 spiro atoms. The van der Waals surface area contributed by atoms with Crippen LogP contribution in [0.3, 0.4) is 0 Å². The van der Waals surface area contributed by atoms with Crippen molar-refractivity contribution < 1.29 is 32.2 Å². The van der Waals surface area contributed by atoms with Gasteiger partial charge in [-0.05, 0) is 68.2 Å². The van der Waals surface area contributed by atoms with Crippen molar-refractivity contribution >= 4 is 22.0 Å². The van der Waals surface area contributed by atoms with Gasteiger partial charge in [-0.3, -0.25) is 4.90 Å². The number of carbonyl (C=O) groups excluding carboxylic acids is 1. The molecule has 1 amide bonds. The number of rotatable bonds is 6. The molecule has 10 heteroatoms. The molecule has 170 valence electrons. The van der Waals surface area contributed by atoms with Gasteiger partial charge in [-0.15, -0.1) is 13.2 Å². The predicted molar refractivity (Wildman–Crippen MR) is 110 cm³/mol. The number of halogens is 4. The second kappa shape index (κ2) is 10.1. The van der Waals surface area contributed by atoms with Crippen molar-refractivity contribution in [2.75, 3.05) is 32.8 Å². The fraction of sp³-hybridized carbons (Fsp3) is 0.650. The van der Waals surface area contributed by atoms with Crippen molar-refractivity contribution in [3.63, 3.8) is 0 Å². The Morgan fingerprint density at radius 2 is 1.93 bits per heavy atom. The van der Waals surface area contributed by atoms with Gasteiger partial charge >= 0.3 is 12.5 Å². The van der Waals surface area contributed by atoms with E-state index in [4.69, 9.17) is 9.47 Å². The van der Waals surface area contributed by atoms with Gasteiger partial charge in [-0.25, -0.2) is 4.79 Å². The molecule has 1 atom stereocenters. The largest absolute Gasteiger partial charge is 0.573 e. The minimum absolute atomic E-state index is 0.191. The van der Waals surface area contributed by atoms with Crippen molar-refractivity contribution in [3.05, 3.63) is 22.7 Å². The van der Waals surface area contributed by atoms with Gasteiger partial charge in [0.1, 0.15) is 17.1 Å². The summed E-state index contributed by atoms with van der Waals surface area (Å²) in [4.78, 5) is 16.2. The zero-order chi connectivity index (χ0) is 22.5. The van der Waals surface area contributed by atoms with Crippen LogP contribution in [0.25, 0.3) is 0 Å². The van der Waals surface area contributed by atoms with Gasteiger partial charge in [-0.1, -0.05) is 0 Å². The van der Waals surface area contributed by atoms with Crippen molar-refractivity contribution in [2.45, 2.75) is 52.1 Å². The first kappa shape index (κ1) is 24.6. The molecule has 0 bridgehead atoms. The normalized spacial score (nSPS) is 18.3. The van der Waals surface area contributed by atoms with Crippen LogP contribution in [0.1, 0.15) is 34.1 Å². The molecule has 0 unspecified atom stereocenters. The molecule has 6 nitrogen and oxygen atoms in total. The SMILES string of the molecule is C[C@@H]1CN(C(=O)OC(C)(C)C)CCN1CCCOc1ccc(OC(F)(F)F)cc1Br. The molecule has 1 aromatic carbocycles. The zero-order valence-electron chi connectivity index (χ0n) is 17.6. The van der Waals surface area contributed by atoms with Gasteiger partial charge in [0, 0.05) is 32.2 Å². The predicted octanol–water partition coefficient (Wildman–Crippen LogP) is 5.06. The Balaban J connectivity index is 1.74. The number of hydrogen-bond acceptors (Lipinski definition) is 5. The highest BCUT2D eigenvalue weighted by Gasteiger charge is 2.31. The maximum Gasteiger partial charge on any atom is 0.573 e. The number of carbonyl (C=O) groups is 1. The number of piperazine rings is 1. The molecule has 0 radical (unpaired) electrons. The lowest BCUT2D eigenvalue weighted by molar-refractivity contribution is -0.274. The first-order chi connectivity index (χ1) is 13.8. The Bertz CT molecular complexity index is 725. The van der Waals surface area contributed by atoms with Gasteiger partial charge in [-0.2, -0.15) is 0 Å². The van der Waals surface area contributed by atoms with Crippen LogP contribution < -0.4 is 9.47 Å². The summed E-state index contributed by atoms with van der Waals surface area (Å²) < 4.78 is 52.2. The lowest BCUT2D eigenvalue weighted by Crippen LogP contribution is -2.54. The van der Waals surface area contributed by atoms with Crippen LogP contribution in [0.4, 0.5) is 18.0 Å². The van der Waals surface area contributed by atoms with Crippen LogP contribution in [0, 0.1) is 0 Å². The molecule has 0 aliphatic carbocycles. The Morgan fingerprint density at radius 3 is 2.50 bits per heavy atom. The molecular formula is C20H28BrF3N2O4. The van der Waals surface area contributed by atoms with E-state index in [1.807, 2.05) is 20.8 Å². The lowest BCUT2D eigenvalue weighted by atomic mass is 10.2. The van der Waals surface area contributed by atoms with E-state index in [1.54, 1.807) is 4.90 Å². The van der Waals surface area contributed by atoms with E-state index in [0.717, 1.165) is 19.5 Å². The molecule has 1 aliphatic rings. The van der Waals surface area contributed by atoms with Crippen molar-refractivity contribution in [1.82, 2.24) is 9.80 Å². The summed E-state index contributed by atoms with van der Waals surface area (Å²) in [6.45, 7) is 10.8. The Morgan fingerprint density at radius 1 is 1.23 bits per heavy atom. The van der Waals surface area contributed by atoms with Crippen molar-refractivity contribution in [2.24, 2.45) is 0 Å². The van der Waals surface area contributed by atoms with Crippen LogP contribution >= 0.6 is 15.9 Å². The topological polar surface area (TPSA) is 51.2 Å². The maximum atomic E-state index is 12.3. The standard InChI is InChI=1S/C20H28BrF3N2O4/c1-14-13-26(18(27)30-19(2,3)4)10-9-25(14)8-5-11-28-17-7-6-15(12-16(17)21)29-20(22,23)24/h6-7,12,14H,5,8-11,13H2,1-4H3/t14-/m1/s1. The maximum absolute atomic E-state index is 12.3. The van der Waals surface area contributed by atoms with E-state index in [1.165, 1.54) is 18.2 Å². The van der Waals surface area contributed by atoms with E-state index in [2.05, 4.69) is 32.5 Å². The van der Waals surface area contributed by atoms with E-state index in [-0.39, 0.29) is 17.9 Å². The fourth-order valence-electron chi connectivity index (χ4n) is 3.07. The lowest BCUT2D eigenvalue weighted by Gasteiger charge is -2.40. The van der Waals surface area contributed by atoms with Crippen molar-refractivity contribution in [1.29, 1.82) is 0 Å². The first-order valence-corrected chi connectivity index (χ1v) is 10.5. The highest BCUT2D eigenvalue weighted by Crippen LogP contribution is 2.32. The number of nitrogens with zero attached hydrogens (tertiary/aromatic N) is 2. The number of benzene rings is 1. The third kappa shape index (κ3) is 8.22. The second-order valence-electron chi connectivity index (χ2n) is 8.15. The highest BCUT2D eigenvalue weighted by atomic mass is 79.9. The fourth-order valence-corrected chi connectivity index (χ4v) is 3.54. The summed E-state index contributed by atoms with van der Waals surface area (Å²) in [6, 6.07) is 4.07. The summed E-state index contributed by atoms with van der Waals surface area (Å²) >= 11 is 3.20. The van der Waals surface area contributed by atoms with E-state index < -0.39 is 12.0 Å². The molecule has 30 heavy (non-hydrogen) atoms. The molecule has 0 saturated carbocycles. The number of amides is 1. The smallest absolute Gasteiger partial charge is 0.492 e. The van der Waals surface area contributed by atoms with Gasteiger partial charge in [0.15, 0.2) is 0 Å². The Labute approximate surface area is 183 Å². The van der Waals surface area contributed by atoms with E-state index in [0.29, 0.717) is 29.9 Å². The second-order valence-corrected chi connectivity index (χ2v) is 9.01.